The van der Waals surface area contributed by atoms with Crippen LogP contribution >= 0.6 is 0 Å². The summed E-state index contributed by atoms with van der Waals surface area (Å²) in [5.74, 6) is -0.181. The van der Waals surface area contributed by atoms with E-state index < -0.39 is 0 Å². The maximum absolute atomic E-state index is 12.4. The highest BCUT2D eigenvalue weighted by Crippen LogP contribution is 2.16. The molecule has 0 spiro atoms. The normalized spacial score (nSPS) is 10.8. The topological polar surface area (TPSA) is 77.0 Å². The van der Waals surface area contributed by atoms with E-state index >= 15 is 0 Å². The SMILES string of the molecule is CCn1c(OC)nc2cc(C(=O)c3ccccc3)[nH]c2c1=O. The number of nitrogens with one attached hydrogen (secondary N) is 1. The van der Waals surface area contributed by atoms with Crippen molar-refractivity contribution in [3.63, 3.8) is 0 Å². The van der Waals surface area contributed by atoms with E-state index in [1.54, 1.807) is 30.3 Å². The molecule has 0 unspecified atom stereocenters. The number of rotatable bonds is 4. The Bertz CT molecular complexity index is 894. The molecule has 0 atom stereocenters. The van der Waals surface area contributed by atoms with Crippen LogP contribution in [0.1, 0.15) is 23.0 Å². The average Bonchev–Trinajstić information content (AvgIpc) is 2.99. The number of ketones is 1. The number of fused-ring (bicyclic) bond motifs is 1. The number of carbonyl (C=O) groups is 1. The first-order valence-electron chi connectivity index (χ1n) is 6.93. The van der Waals surface area contributed by atoms with Crippen molar-refractivity contribution in [2.45, 2.75) is 13.5 Å². The van der Waals surface area contributed by atoms with Crippen molar-refractivity contribution in [2.75, 3.05) is 7.11 Å². The van der Waals surface area contributed by atoms with Gasteiger partial charge in [-0.1, -0.05) is 30.3 Å². The van der Waals surface area contributed by atoms with Crippen LogP contribution in [0.15, 0.2) is 41.2 Å². The maximum Gasteiger partial charge on any atom is 0.299 e. The number of aromatic nitrogens is 3. The summed E-state index contributed by atoms with van der Waals surface area (Å²) in [6, 6.07) is 10.7. The van der Waals surface area contributed by atoms with Crippen LogP contribution in [0.25, 0.3) is 11.0 Å². The van der Waals surface area contributed by atoms with Gasteiger partial charge >= 0.3 is 0 Å². The van der Waals surface area contributed by atoms with Gasteiger partial charge < -0.3 is 9.72 Å². The fourth-order valence-electron chi connectivity index (χ4n) is 2.38. The third-order valence-corrected chi connectivity index (χ3v) is 3.48. The number of benzene rings is 1. The minimum Gasteiger partial charge on any atom is -0.468 e. The van der Waals surface area contributed by atoms with Gasteiger partial charge in [-0.2, -0.15) is 4.98 Å². The second-order valence-electron chi connectivity index (χ2n) is 4.79. The fraction of sp³-hybridized carbons (Fsp3) is 0.188. The molecule has 1 aromatic carbocycles. The third kappa shape index (κ3) is 2.18. The minimum absolute atomic E-state index is 0.181. The molecule has 2 heterocycles. The van der Waals surface area contributed by atoms with Crippen LogP contribution in [-0.4, -0.2) is 27.4 Å². The zero-order valence-electron chi connectivity index (χ0n) is 12.3. The van der Waals surface area contributed by atoms with Crippen LogP contribution < -0.4 is 10.3 Å². The Kier molecular flexibility index (Phi) is 3.50. The van der Waals surface area contributed by atoms with Crippen LogP contribution in [0.5, 0.6) is 6.01 Å². The molecule has 0 bridgehead atoms. The lowest BCUT2D eigenvalue weighted by Crippen LogP contribution is -2.22. The van der Waals surface area contributed by atoms with Crippen LogP contribution in [-0.2, 0) is 6.54 Å². The molecule has 0 saturated carbocycles. The molecule has 0 aliphatic rings. The van der Waals surface area contributed by atoms with Crippen molar-refractivity contribution in [2.24, 2.45) is 0 Å². The molecule has 3 aromatic rings. The van der Waals surface area contributed by atoms with Crippen LogP contribution in [0.4, 0.5) is 0 Å². The highest BCUT2D eigenvalue weighted by atomic mass is 16.5. The second-order valence-corrected chi connectivity index (χ2v) is 4.79. The predicted molar refractivity (Wildman–Crippen MR) is 82.5 cm³/mol. The van der Waals surface area contributed by atoms with E-state index in [-0.39, 0.29) is 17.4 Å². The van der Waals surface area contributed by atoms with Crippen LogP contribution in [0.3, 0.4) is 0 Å². The Morgan fingerprint density at radius 1 is 1.32 bits per heavy atom. The third-order valence-electron chi connectivity index (χ3n) is 3.48. The van der Waals surface area contributed by atoms with Crippen LogP contribution in [0.2, 0.25) is 0 Å². The minimum atomic E-state index is -0.253. The van der Waals surface area contributed by atoms with Crippen molar-refractivity contribution in [1.82, 2.24) is 14.5 Å². The summed E-state index contributed by atoms with van der Waals surface area (Å²) in [5, 5.41) is 0. The first-order chi connectivity index (χ1) is 10.7. The van der Waals surface area contributed by atoms with Gasteiger partial charge in [-0.3, -0.25) is 14.2 Å². The number of methoxy groups -OCH3 is 1. The molecule has 2 aromatic heterocycles. The van der Waals surface area contributed by atoms with Gasteiger partial charge in [-0.05, 0) is 13.0 Å². The predicted octanol–water partition coefficient (Wildman–Crippen LogP) is 1.98. The highest BCUT2D eigenvalue weighted by Gasteiger charge is 2.17. The molecule has 1 N–H and O–H groups in total. The lowest BCUT2D eigenvalue weighted by molar-refractivity contribution is 0.103. The summed E-state index contributed by atoms with van der Waals surface area (Å²) in [7, 11) is 1.46. The lowest BCUT2D eigenvalue weighted by atomic mass is 10.1. The lowest BCUT2D eigenvalue weighted by Gasteiger charge is -2.07. The molecule has 112 valence electrons. The molecule has 0 aliphatic carbocycles. The van der Waals surface area contributed by atoms with Gasteiger partial charge in [0.25, 0.3) is 11.6 Å². The van der Waals surface area contributed by atoms with Gasteiger partial charge in [-0.15, -0.1) is 0 Å². The molecule has 3 rings (SSSR count). The number of aromatic amines is 1. The second kappa shape index (κ2) is 5.48. The van der Waals surface area contributed by atoms with E-state index in [1.807, 2.05) is 13.0 Å². The zero-order chi connectivity index (χ0) is 15.7. The maximum atomic E-state index is 12.4. The van der Waals surface area contributed by atoms with Gasteiger partial charge in [0, 0.05) is 12.1 Å². The summed E-state index contributed by atoms with van der Waals surface area (Å²) in [6.45, 7) is 2.27. The Morgan fingerprint density at radius 2 is 2.05 bits per heavy atom. The van der Waals surface area contributed by atoms with E-state index in [1.165, 1.54) is 11.7 Å². The first-order valence-corrected chi connectivity index (χ1v) is 6.93. The standard InChI is InChI=1S/C16H15N3O3/c1-3-19-15(21)13-11(18-16(19)22-2)9-12(17-13)14(20)10-7-5-4-6-8-10/h4-9,17H,3H2,1-2H3. The fourth-order valence-corrected chi connectivity index (χ4v) is 2.38. The quantitative estimate of drug-likeness (QED) is 0.747. The molecule has 0 saturated heterocycles. The summed E-state index contributed by atoms with van der Waals surface area (Å²) in [6.07, 6.45) is 0. The monoisotopic (exact) mass is 297 g/mol. The Morgan fingerprint density at radius 3 is 2.68 bits per heavy atom. The number of nitrogens with zero attached hydrogens (tertiary/aromatic N) is 2. The van der Waals surface area contributed by atoms with Crippen molar-refractivity contribution >= 4 is 16.8 Å². The Balaban J connectivity index is 2.16. The molecule has 6 heteroatoms. The van der Waals surface area contributed by atoms with E-state index in [0.717, 1.165) is 0 Å². The molecule has 0 radical (unpaired) electrons. The number of carbonyl (C=O) groups excluding carboxylic acids is 1. The Labute approximate surface area is 126 Å². The summed E-state index contributed by atoms with van der Waals surface area (Å²) >= 11 is 0. The molecular weight excluding hydrogens is 282 g/mol. The van der Waals surface area contributed by atoms with Gasteiger partial charge in [0.05, 0.1) is 12.8 Å². The van der Waals surface area contributed by atoms with Gasteiger partial charge in [0.2, 0.25) is 5.78 Å². The Hall–Kier alpha value is -2.89. The van der Waals surface area contributed by atoms with E-state index in [9.17, 15) is 9.59 Å². The van der Waals surface area contributed by atoms with Crippen molar-refractivity contribution in [3.05, 3.63) is 58.0 Å². The van der Waals surface area contributed by atoms with Crippen molar-refractivity contribution in [1.29, 1.82) is 0 Å². The molecule has 0 fully saturated rings. The zero-order valence-corrected chi connectivity index (χ0v) is 12.3. The van der Waals surface area contributed by atoms with Crippen molar-refractivity contribution < 1.29 is 9.53 Å². The molecular formula is C16H15N3O3. The smallest absolute Gasteiger partial charge is 0.299 e. The summed E-state index contributed by atoms with van der Waals surface area (Å²) in [4.78, 5) is 32.0. The van der Waals surface area contributed by atoms with E-state index in [2.05, 4.69) is 9.97 Å². The van der Waals surface area contributed by atoms with Crippen molar-refractivity contribution in [3.8, 4) is 6.01 Å². The molecule has 0 aliphatic heterocycles. The first kappa shape index (κ1) is 14.1. The van der Waals surface area contributed by atoms with E-state index in [4.69, 9.17) is 4.74 Å². The highest BCUT2D eigenvalue weighted by molar-refractivity contribution is 6.09. The van der Waals surface area contributed by atoms with Gasteiger partial charge in [-0.25, -0.2) is 0 Å². The largest absolute Gasteiger partial charge is 0.468 e. The summed E-state index contributed by atoms with van der Waals surface area (Å²) < 4.78 is 6.54. The summed E-state index contributed by atoms with van der Waals surface area (Å²) in [5.41, 5.74) is 1.36. The number of ether oxygens (including phenoxy) is 1. The molecule has 6 nitrogen and oxygen atoms in total. The van der Waals surface area contributed by atoms with E-state index in [0.29, 0.717) is 28.8 Å². The number of H-pyrrole nitrogens is 1. The number of hydrogen-bond acceptors (Lipinski definition) is 4. The number of hydrogen-bond donors (Lipinski definition) is 1. The van der Waals surface area contributed by atoms with Gasteiger partial charge in [0.15, 0.2) is 0 Å². The molecule has 0 amide bonds. The van der Waals surface area contributed by atoms with Crippen LogP contribution in [0, 0.1) is 0 Å². The molecule has 22 heavy (non-hydrogen) atoms. The van der Waals surface area contributed by atoms with Gasteiger partial charge in [0.1, 0.15) is 11.0 Å². The average molecular weight is 297 g/mol.